The largest absolute Gasteiger partial charge is 0.397 e. The van der Waals surface area contributed by atoms with Gasteiger partial charge in [-0.05, 0) is 6.07 Å². The highest BCUT2D eigenvalue weighted by molar-refractivity contribution is 5.90. The maximum absolute atomic E-state index is 10.5. The Morgan fingerprint density at radius 3 is 2.93 bits per heavy atom. The fourth-order valence-electron chi connectivity index (χ4n) is 1.18. The summed E-state index contributed by atoms with van der Waals surface area (Å²) in [7, 11) is 0. The first-order valence-corrected chi connectivity index (χ1v) is 3.84. The highest BCUT2D eigenvalue weighted by Crippen LogP contribution is 2.22. The van der Waals surface area contributed by atoms with Crippen molar-refractivity contribution in [1.82, 2.24) is 10.2 Å². The summed E-state index contributed by atoms with van der Waals surface area (Å²) in [5.74, 6) is 0. The lowest BCUT2D eigenvalue weighted by Gasteiger charge is -1.98. The van der Waals surface area contributed by atoms with Crippen molar-refractivity contribution in [3.63, 3.8) is 0 Å². The van der Waals surface area contributed by atoms with Crippen molar-refractivity contribution in [3.05, 3.63) is 34.5 Å². The second kappa shape index (κ2) is 2.91. The van der Waals surface area contributed by atoms with Gasteiger partial charge in [0.15, 0.2) is 0 Å². The van der Waals surface area contributed by atoms with Crippen LogP contribution in [0.3, 0.4) is 0 Å². The Morgan fingerprint density at radius 1 is 1.43 bits per heavy atom. The molecule has 0 saturated carbocycles. The lowest BCUT2D eigenvalue weighted by atomic mass is 10.2. The Hall–Kier alpha value is -2.24. The third-order valence-electron chi connectivity index (χ3n) is 1.86. The number of non-ortho nitro benzene ring substituents is 1. The second-order valence-electron chi connectivity index (χ2n) is 2.76. The number of nitro benzene ring substituents is 1. The van der Waals surface area contributed by atoms with E-state index in [-0.39, 0.29) is 5.69 Å². The van der Waals surface area contributed by atoms with Crippen LogP contribution in [0.15, 0.2) is 24.4 Å². The Morgan fingerprint density at radius 2 is 2.21 bits per heavy atom. The summed E-state index contributed by atoms with van der Waals surface area (Å²) in [6, 6.07) is 4.28. The van der Waals surface area contributed by atoms with Crippen LogP contribution < -0.4 is 5.73 Å². The average Bonchev–Trinajstić information content (AvgIpc) is 2.18. The number of nitrogen functional groups attached to an aromatic ring is 1. The molecule has 0 aliphatic rings. The lowest BCUT2D eigenvalue weighted by molar-refractivity contribution is -0.384. The van der Waals surface area contributed by atoms with Crippen LogP contribution in [0.25, 0.3) is 10.9 Å². The van der Waals surface area contributed by atoms with Crippen molar-refractivity contribution in [2.75, 3.05) is 5.73 Å². The minimum absolute atomic E-state index is 0.00259. The third-order valence-corrected chi connectivity index (χ3v) is 1.86. The molecule has 6 heteroatoms. The molecule has 0 spiro atoms. The molecular formula is C8H6N4O2. The molecule has 0 radical (unpaired) electrons. The van der Waals surface area contributed by atoms with E-state index >= 15 is 0 Å². The highest BCUT2D eigenvalue weighted by atomic mass is 16.6. The molecular weight excluding hydrogens is 184 g/mol. The predicted octanol–water partition coefficient (Wildman–Crippen LogP) is 1.12. The van der Waals surface area contributed by atoms with E-state index in [4.69, 9.17) is 5.73 Å². The molecule has 1 aromatic carbocycles. The Kier molecular flexibility index (Phi) is 1.74. The molecule has 0 amide bonds. The number of nitrogens with two attached hydrogens (primary N) is 1. The van der Waals surface area contributed by atoms with Gasteiger partial charge < -0.3 is 5.73 Å². The number of benzene rings is 1. The predicted molar refractivity (Wildman–Crippen MR) is 50.6 cm³/mol. The zero-order valence-corrected chi connectivity index (χ0v) is 7.04. The van der Waals surface area contributed by atoms with Crippen LogP contribution in [-0.4, -0.2) is 15.1 Å². The first kappa shape index (κ1) is 8.36. The average molecular weight is 190 g/mol. The van der Waals surface area contributed by atoms with Crippen molar-refractivity contribution in [1.29, 1.82) is 0 Å². The zero-order valence-electron chi connectivity index (χ0n) is 7.04. The van der Waals surface area contributed by atoms with Crippen LogP contribution in [0.2, 0.25) is 0 Å². The normalized spacial score (nSPS) is 10.3. The molecule has 1 aromatic heterocycles. The van der Waals surface area contributed by atoms with Crippen LogP contribution in [-0.2, 0) is 0 Å². The van der Waals surface area contributed by atoms with Gasteiger partial charge in [0.05, 0.1) is 22.3 Å². The number of fused-ring (bicyclic) bond motifs is 1. The standard InChI is InChI=1S/C8H6N4O2/c9-7-4-10-11-8-2-1-5(12(13)14)3-6(7)8/h1-4H,(H2,9,11). The van der Waals surface area contributed by atoms with Crippen LogP contribution in [0.1, 0.15) is 0 Å². The van der Waals surface area contributed by atoms with E-state index in [1.165, 1.54) is 24.4 Å². The molecule has 2 N–H and O–H groups in total. The van der Waals surface area contributed by atoms with Gasteiger partial charge in [-0.2, -0.15) is 10.2 Å². The summed E-state index contributed by atoms with van der Waals surface area (Å²) in [5, 5.41) is 18.5. The monoisotopic (exact) mass is 190 g/mol. The van der Waals surface area contributed by atoms with Gasteiger partial charge in [0, 0.05) is 17.5 Å². The summed E-state index contributed by atoms with van der Waals surface area (Å²) in [6.45, 7) is 0. The molecule has 0 bridgehead atoms. The minimum atomic E-state index is -0.473. The van der Waals surface area contributed by atoms with E-state index in [1.54, 1.807) is 0 Å². The fraction of sp³-hybridized carbons (Fsp3) is 0. The van der Waals surface area contributed by atoms with Gasteiger partial charge in [0.1, 0.15) is 0 Å². The van der Waals surface area contributed by atoms with Crippen LogP contribution in [0.5, 0.6) is 0 Å². The van der Waals surface area contributed by atoms with E-state index in [1.807, 2.05) is 0 Å². The maximum atomic E-state index is 10.5. The molecule has 0 fully saturated rings. The molecule has 1 heterocycles. The van der Waals surface area contributed by atoms with Gasteiger partial charge in [-0.15, -0.1) is 0 Å². The molecule has 70 valence electrons. The molecule has 0 aliphatic heterocycles. The third kappa shape index (κ3) is 1.22. The van der Waals surface area contributed by atoms with Gasteiger partial charge in [-0.3, -0.25) is 10.1 Å². The van der Waals surface area contributed by atoms with E-state index in [0.29, 0.717) is 16.6 Å². The van der Waals surface area contributed by atoms with E-state index in [9.17, 15) is 10.1 Å². The van der Waals surface area contributed by atoms with Gasteiger partial charge >= 0.3 is 0 Å². The summed E-state index contributed by atoms with van der Waals surface area (Å²) in [6.07, 6.45) is 1.37. The Bertz CT molecular complexity index is 512. The molecule has 0 unspecified atom stereocenters. The Labute approximate surface area is 78.5 Å². The van der Waals surface area contributed by atoms with Crippen LogP contribution in [0, 0.1) is 10.1 Å². The highest BCUT2D eigenvalue weighted by Gasteiger charge is 2.08. The molecule has 2 aromatic rings. The van der Waals surface area contributed by atoms with Gasteiger partial charge in [0.25, 0.3) is 5.69 Å². The second-order valence-corrected chi connectivity index (χ2v) is 2.76. The Balaban J connectivity index is 2.76. The van der Waals surface area contributed by atoms with Crippen molar-refractivity contribution < 1.29 is 4.92 Å². The van der Waals surface area contributed by atoms with E-state index < -0.39 is 4.92 Å². The fourth-order valence-corrected chi connectivity index (χ4v) is 1.18. The minimum Gasteiger partial charge on any atom is -0.397 e. The molecule has 0 saturated heterocycles. The number of hydrogen-bond acceptors (Lipinski definition) is 5. The molecule has 14 heavy (non-hydrogen) atoms. The van der Waals surface area contributed by atoms with E-state index in [2.05, 4.69) is 10.2 Å². The smallest absolute Gasteiger partial charge is 0.270 e. The van der Waals surface area contributed by atoms with Crippen molar-refractivity contribution >= 4 is 22.3 Å². The van der Waals surface area contributed by atoms with Crippen LogP contribution >= 0.6 is 0 Å². The number of aromatic nitrogens is 2. The number of rotatable bonds is 1. The lowest BCUT2D eigenvalue weighted by Crippen LogP contribution is -1.93. The van der Waals surface area contributed by atoms with Gasteiger partial charge in [-0.1, -0.05) is 0 Å². The summed E-state index contributed by atoms with van der Waals surface area (Å²) < 4.78 is 0. The van der Waals surface area contributed by atoms with Gasteiger partial charge in [-0.25, -0.2) is 0 Å². The van der Waals surface area contributed by atoms with Crippen molar-refractivity contribution in [3.8, 4) is 0 Å². The molecule has 0 aliphatic carbocycles. The van der Waals surface area contributed by atoms with E-state index in [0.717, 1.165) is 0 Å². The zero-order chi connectivity index (χ0) is 10.1. The topological polar surface area (TPSA) is 94.9 Å². The number of nitrogens with zero attached hydrogens (tertiary/aromatic N) is 3. The van der Waals surface area contributed by atoms with Gasteiger partial charge in [0.2, 0.25) is 0 Å². The van der Waals surface area contributed by atoms with Crippen molar-refractivity contribution in [2.45, 2.75) is 0 Å². The SMILES string of the molecule is Nc1cnnc2ccc([N+](=O)[O-])cc12. The number of hydrogen-bond donors (Lipinski definition) is 1. The number of anilines is 1. The first-order chi connectivity index (χ1) is 6.68. The maximum Gasteiger partial charge on any atom is 0.270 e. The van der Waals surface area contributed by atoms with Crippen LogP contribution in [0.4, 0.5) is 11.4 Å². The molecule has 0 atom stereocenters. The quantitative estimate of drug-likeness (QED) is 0.537. The molecule has 2 rings (SSSR count). The first-order valence-electron chi connectivity index (χ1n) is 3.84. The molecule has 6 nitrogen and oxygen atoms in total. The summed E-state index contributed by atoms with van der Waals surface area (Å²) in [5.41, 5.74) is 6.54. The summed E-state index contributed by atoms with van der Waals surface area (Å²) >= 11 is 0. The summed E-state index contributed by atoms with van der Waals surface area (Å²) in [4.78, 5) is 10.0. The number of nitro groups is 1. The van der Waals surface area contributed by atoms with Crippen molar-refractivity contribution in [2.24, 2.45) is 0 Å².